The third-order valence-corrected chi connectivity index (χ3v) is 4.75. The molecular formula is C14H25N3OS. The number of aromatic nitrogens is 1. The zero-order valence-electron chi connectivity index (χ0n) is 12.3. The van der Waals surface area contributed by atoms with Crippen molar-refractivity contribution in [1.29, 1.82) is 0 Å². The minimum atomic E-state index is 0.329. The first-order valence-corrected chi connectivity index (χ1v) is 7.87. The Labute approximate surface area is 120 Å². The molecule has 1 N–H and O–H groups in total. The Hall–Kier alpha value is -0.650. The quantitative estimate of drug-likeness (QED) is 0.901. The zero-order chi connectivity index (χ0) is 13.8. The van der Waals surface area contributed by atoms with Crippen molar-refractivity contribution in [3.8, 4) is 0 Å². The lowest BCUT2D eigenvalue weighted by molar-refractivity contribution is 0.0498. The van der Waals surface area contributed by atoms with E-state index in [-0.39, 0.29) is 0 Å². The van der Waals surface area contributed by atoms with E-state index in [1.54, 1.807) is 11.3 Å². The standard InChI is InChI=1S/C14H25N3OS/c1-10(2)15-7-12-8-16-14(19-12)17-6-5-11(3)13(9-17)18-4/h8,10-11,13,15H,5-7,9H2,1-4H3. The van der Waals surface area contributed by atoms with Crippen LogP contribution in [-0.2, 0) is 11.3 Å². The molecular weight excluding hydrogens is 258 g/mol. The minimum absolute atomic E-state index is 0.329. The van der Waals surface area contributed by atoms with Crippen LogP contribution in [0.1, 0.15) is 32.1 Å². The van der Waals surface area contributed by atoms with E-state index in [0.29, 0.717) is 18.1 Å². The minimum Gasteiger partial charge on any atom is -0.379 e. The van der Waals surface area contributed by atoms with E-state index in [1.165, 1.54) is 11.3 Å². The van der Waals surface area contributed by atoms with Crippen LogP contribution in [0.3, 0.4) is 0 Å². The lowest BCUT2D eigenvalue weighted by atomic mass is 9.96. The van der Waals surface area contributed by atoms with Gasteiger partial charge in [-0.3, -0.25) is 0 Å². The summed E-state index contributed by atoms with van der Waals surface area (Å²) in [5, 5.41) is 4.57. The number of ether oxygens (including phenoxy) is 1. The van der Waals surface area contributed by atoms with Gasteiger partial charge in [0.15, 0.2) is 5.13 Å². The molecule has 0 saturated carbocycles. The van der Waals surface area contributed by atoms with Crippen molar-refractivity contribution in [2.75, 3.05) is 25.1 Å². The van der Waals surface area contributed by atoms with Crippen LogP contribution < -0.4 is 10.2 Å². The summed E-state index contributed by atoms with van der Waals surface area (Å²) in [5.41, 5.74) is 0. The van der Waals surface area contributed by atoms with Gasteiger partial charge in [0.25, 0.3) is 0 Å². The predicted molar refractivity (Wildman–Crippen MR) is 80.9 cm³/mol. The summed E-state index contributed by atoms with van der Waals surface area (Å²) >= 11 is 1.79. The maximum absolute atomic E-state index is 5.56. The van der Waals surface area contributed by atoms with E-state index in [1.807, 2.05) is 13.3 Å². The fourth-order valence-corrected chi connectivity index (χ4v) is 3.24. The number of nitrogens with zero attached hydrogens (tertiary/aromatic N) is 2. The lowest BCUT2D eigenvalue weighted by Gasteiger charge is -2.36. The molecule has 4 nitrogen and oxygen atoms in total. The highest BCUT2D eigenvalue weighted by molar-refractivity contribution is 7.15. The van der Waals surface area contributed by atoms with Crippen LogP contribution in [0.5, 0.6) is 0 Å². The molecule has 0 amide bonds. The van der Waals surface area contributed by atoms with Crippen LogP contribution in [-0.4, -0.2) is 37.3 Å². The lowest BCUT2D eigenvalue weighted by Crippen LogP contribution is -2.43. The topological polar surface area (TPSA) is 37.4 Å². The van der Waals surface area contributed by atoms with Crippen molar-refractivity contribution in [3.05, 3.63) is 11.1 Å². The molecule has 0 bridgehead atoms. The van der Waals surface area contributed by atoms with E-state index >= 15 is 0 Å². The molecule has 0 spiro atoms. The van der Waals surface area contributed by atoms with E-state index < -0.39 is 0 Å². The van der Waals surface area contributed by atoms with Crippen LogP contribution in [0.25, 0.3) is 0 Å². The van der Waals surface area contributed by atoms with Crippen LogP contribution in [0.2, 0.25) is 0 Å². The van der Waals surface area contributed by atoms with E-state index in [0.717, 1.165) is 24.8 Å². The number of hydrogen-bond acceptors (Lipinski definition) is 5. The van der Waals surface area contributed by atoms with Gasteiger partial charge in [0.1, 0.15) is 0 Å². The number of rotatable bonds is 5. The largest absolute Gasteiger partial charge is 0.379 e. The molecule has 1 aliphatic heterocycles. The van der Waals surface area contributed by atoms with Crippen molar-refractivity contribution < 1.29 is 4.74 Å². The number of methoxy groups -OCH3 is 1. The Kier molecular flexibility index (Phi) is 5.19. The smallest absolute Gasteiger partial charge is 0.185 e. The molecule has 1 aromatic rings. The number of thiazole rings is 1. The van der Waals surface area contributed by atoms with Gasteiger partial charge in [0.05, 0.1) is 6.10 Å². The molecule has 2 heterocycles. The van der Waals surface area contributed by atoms with Crippen molar-refractivity contribution >= 4 is 16.5 Å². The fraction of sp³-hybridized carbons (Fsp3) is 0.786. The van der Waals surface area contributed by atoms with Crippen molar-refractivity contribution in [3.63, 3.8) is 0 Å². The van der Waals surface area contributed by atoms with Crippen molar-refractivity contribution in [1.82, 2.24) is 10.3 Å². The molecule has 1 saturated heterocycles. The first-order valence-electron chi connectivity index (χ1n) is 7.06. The molecule has 0 aliphatic carbocycles. The molecule has 5 heteroatoms. The van der Waals surface area contributed by atoms with Gasteiger partial charge in [-0.15, -0.1) is 11.3 Å². The van der Waals surface area contributed by atoms with Crippen LogP contribution >= 0.6 is 11.3 Å². The second-order valence-electron chi connectivity index (χ2n) is 5.63. The zero-order valence-corrected chi connectivity index (χ0v) is 13.2. The molecule has 2 atom stereocenters. The first kappa shape index (κ1) is 14.8. The Morgan fingerprint density at radius 1 is 1.58 bits per heavy atom. The number of piperidine rings is 1. The highest BCUT2D eigenvalue weighted by atomic mass is 32.1. The Balaban J connectivity index is 1.94. The van der Waals surface area contributed by atoms with E-state index in [9.17, 15) is 0 Å². The molecule has 0 radical (unpaired) electrons. The Bertz CT molecular complexity index is 394. The normalized spacial score (nSPS) is 24.2. The fourth-order valence-electron chi connectivity index (χ4n) is 2.34. The average Bonchev–Trinajstić information content (AvgIpc) is 2.86. The predicted octanol–water partition coefficient (Wildman–Crippen LogP) is 2.50. The Morgan fingerprint density at radius 3 is 3.05 bits per heavy atom. The van der Waals surface area contributed by atoms with E-state index in [4.69, 9.17) is 4.74 Å². The number of nitrogens with one attached hydrogen (secondary N) is 1. The molecule has 1 aliphatic rings. The maximum Gasteiger partial charge on any atom is 0.185 e. The molecule has 108 valence electrons. The first-order chi connectivity index (χ1) is 9.10. The number of hydrogen-bond donors (Lipinski definition) is 1. The van der Waals surface area contributed by atoms with Gasteiger partial charge >= 0.3 is 0 Å². The summed E-state index contributed by atoms with van der Waals surface area (Å²) in [4.78, 5) is 8.22. The van der Waals surface area contributed by atoms with Crippen molar-refractivity contribution in [2.24, 2.45) is 5.92 Å². The number of anilines is 1. The highest BCUT2D eigenvalue weighted by Gasteiger charge is 2.27. The Morgan fingerprint density at radius 2 is 2.37 bits per heavy atom. The second kappa shape index (κ2) is 6.68. The van der Waals surface area contributed by atoms with E-state index in [2.05, 4.69) is 36.0 Å². The summed E-state index contributed by atoms with van der Waals surface area (Å²) < 4.78 is 5.56. The highest BCUT2D eigenvalue weighted by Crippen LogP contribution is 2.28. The molecule has 1 fully saturated rings. The molecule has 2 unspecified atom stereocenters. The van der Waals surface area contributed by atoms with Gasteiger partial charge < -0.3 is 15.0 Å². The van der Waals surface area contributed by atoms with Crippen LogP contribution in [0.4, 0.5) is 5.13 Å². The van der Waals surface area contributed by atoms with Crippen molar-refractivity contribution in [2.45, 2.75) is 45.9 Å². The summed E-state index contributed by atoms with van der Waals surface area (Å²) in [6.07, 6.45) is 3.50. The third-order valence-electron chi connectivity index (χ3n) is 3.69. The summed E-state index contributed by atoms with van der Waals surface area (Å²) in [7, 11) is 1.81. The van der Waals surface area contributed by atoms with Gasteiger partial charge in [-0.25, -0.2) is 4.98 Å². The van der Waals surface area contributed by atoms with Gasteiger partial charge in [-0.05, 0) is 12.3 Å². The van der Waals surface area contributed by atoms with Crippen LogP contribution in [0.15, 0.2) is 6.20 Å². The molecule has 0 aromatic carbocycles. The maximum atomic E-state index is 5.56. The second-order valence-corrected chi connectivity index (χ2v) is 6.72. The van der Waals surface area contributed by atoms with Crippen LogP contribution in [0, 0.1) is 5.92 Å². The van der Waals surface area contributed by atoms with Gasteiger partial charge in [-0.1, -0.05) is 20.8 Å². The average molecular weight is 283 g/mol. The van der Waals surface area contributed by atoms with Gasteiger partial charge in [0, 0.05) is 43.9 Å². The molecule has 19 heavy (non-hydrogen) atoms. The molecule has 2 rings (SSSR count). The SMILES string of the molecule is COC1CN(c2ncc(CNC(C)C)s2)CCC1C. The third kappa shape index (κ3) is 3.91. The monoisotopic (exact) mass is 283 g/mol. The van der Waals surface area contributed by atoms with Gasteiger partial charge in [-0.2, -0.15) is 0 Å². The van der Waals surface area contributed by atoms with Gasteiger partial charge in [0.2, 0.25) is 0 Å². The summed E-state index contributed by atoms with van der Waals surface area (Å²) in [6, 6.07) is 0.513. The summed E-state index contributed by atoms with van der Waals surface area (Å²) in [6.45, 7) is 9.56. The summed E-state index contributed by atoms with van der Waals surface area (Å²) in [5.74, 6) is 0.642. The molecule has 1 aromatic heterocycles.